The number of carbonyl (C=O) groups excluding carboxylic acids is 2. The van der Waals surface area contributed by atoms with Crippen LogP contribution in [0, 0.1) is 0 Å². The molecule has 1 aliphatic rings. The molecule has 1 fully saturated rings. The van der Waals surface area contributed by atoms with Gasteiger partial charge in [-0.15, -0.1) is 0 Å². The van der Waals surface area contributed by atoms with Gasteiger partial charge in [-0.3, -0.25) is 9.59 Å². The molecule has 1 unspecified atom stereocenters. The molecule has 1 aromatic carbocycles. The van der Waals surface area contributed by atoms with Gasteiger partial charge in [-0.05, 0) is 31.5 Å². The molecule has 0 aliphatic carbocycles. The monoisotopic (exact) mass is 319 g/mol. The Kier molecular flexibility index (Phi) is 4.93. The molecule has 0 saturated carbocycles. The summed E-state index contributed by atoms with van der Waals surface area (Å²) >= 11 is 0. The number of ether oxygens (including phenoxy) is 2. The Hall–Kier alpha value is -2.50. The Balaban J connectivity index is 2.45. The van der Waals surface area contributed by atoms with Gasteiger partial charge in [0.25, 0.3) is 5.91 Å². The SMILES string of the molecule is CCC(C)N1CC(=O)/C(=C(/O)c2ccc(OC)c(OC)c2)C1=O. The van der Waals surface area contributed by atoms with E-state index in [0.717, 1.165) is 6.42 Å². The van der Waals surface area contributed by atoms with Crippen LogP contribution in [0.25, 0.3) is 5.76 Å². The molecule has 1 aliphatic heterocycles. The average Bonchev–Trinajstić information content (AvgIpc) is 2.87. The molecular formula is C17H21NO5. The van der Waals surface area contributed by atoms with Crippen molar-refractivity contribution in [2.75, 3.05) is 20.8 Å². The molecule has 23 heavy (non-hydrogen) atoms. The first-order valence-corrected chi connectivity index (χ1v) is 7.44. The van der Waals surface area contributed by atoms with Crippen molar-refractivity contribution in [2.45, 2.75) is 26.3 Å². The number of rotatable bonds is 5. The van der Waals surface area contributed by atoms with Crippen LogP contribution in [0.15, 0.2) is 23.8 Å². The van der Waals surface area contributed by atoms with Crippen LogP contribution in [0.5, 0.6) is 11.5 Å². The summed E-state index contributed by atoms with van der Waals surface area (Å²) in [6.45, 7) is 3.82. The zero-order chi connectivity index (χ0) is 17.1. The number of amides is 1. The van der Waals surface area contributed by atoms with Crippen molar-refractivity contribution in [3.63, 3.8) is 0 Å². The molecule has 1 aromatic rings. The fourth-order valence-electron chi connectivity index (χ4n) is 2.51. The Morgan fingerprint density at radius 3 is 2.48 bits per heavy atom. The Morgan fingerprint density at radius 2 is 1.91 bits per heavy atom. The molecule has 1 amide bonds. The molecule has 6 nitrogen and oxygen atoms in total. The highest BCUT2D eigenvalue weighted by Crippen LogP contribution is 2.32. The molecule has 124 valence electrons. The highest BCUT2D eigenvalue weighted by molar-refractivity contribution is 6.28. The van der Waals surface area contributed by atoms with E-state index in [9.17, 15) is 14.7 Å². The second-order valence-electron chi connectivity index (χ2n) is 5.41. The maximum absolute atomic E-state index is 12.4. The summed E-state index contributed by atoms with van der Waals surface area (Å²) in [7, 11) is 2.98. The van der Waals surface area contributed by atoms with E-state index in [2.05, 4.69) is 0 Å². The quantitative estimate of drug-likeness (QED) is 0.511. The van der Waals surface area contributed by atoms with E-state index in [-0.39, 0.29) is 29.7 Å². The minimum absolute atomic E-state index is 0.000519. The van der Waals surface area contributed by atoms with Gasteiger partial charge in [0.1, 0.15) is 11.3 Å². The number of likely N-dealkylation sites (tertiary alicyclic amines) is 1. The summed E-state index contributed by atoms with van der Waals surface area (Å²) in [5.74, 6) is -0.223. The zero-order valence-electron chi connectivity index (χ0n) is 13.8. The number of nitrogens with zero attached hydrogens (tertiary/aromatic N) is 1. The Morgan fingerprint density at radius 1 is 1.26 bits per heavy atom. The maximum Gasteiger partial charge on any atom is 0.262 e. The van der Waals surface area contributed by atoms with E-state index in [1.165, 1.54) is 25.2 Å². The van der Waals surface area contributed by atoms with E-state index in [0.29, 0.717) is 17.1 Å². The second kappa shape index (κ2) is 6.73. The molecule has 6 heteroatoms. The van der Waals surface area contributed by atoms with Gasteiger partial charge in [-0.2, -0.15) is 0 Å². The highest BCUT2D eigenvalue weighted by atomic mass is 16.5. The predicted octanol–water partition coefficient (Wildman–Crippen LogP) is 2.18. The number of Topliss-reactive ketones (excluding diaryl/α,β-unsaturated/α-hetero) is 1. The Bertz CT molecular complexity index is 665. The maximum atomic E-state index is 12.4. The first-order valence-electron chi connectivity index (χ1n) is 7.44. The van der Waals surface area contributed by atoms with Crippen molar-refractivity contribution in [1.82, 2.24) is 4.90 Å². The molecule has 1 saturated heterocycles. The number of carbonyl (C=O) groups is 2. The van der Waals surface area contributed by atoms with Crippen LogP contribution >= 0.6 is 0 Å². The van der Waals surface area contributed by atoms with Gasteiger partial charge in [0, 0.05) is 11.6 Å². The third-order valence-corrected chi connectivity index (χ3v) is 4.08. The van der Waals surface area contributed by atoms with Gasteiger partial charge in [0.2, 0.25) is 0 Å². The van der Waals surface area contributed by atoms with Crippen LogP contribution in [0.4, 0.5) is 0 Å². The van der Waals surface area contributed by atoms with Crippen molar-refractivity contribution >= 4 is 17.4 Å². The molecule has 0 bridgehead atoms. The predicted molar refractivity (Wildman–Crippen MR) is 85.6 cm³/mol. The standard InChI is InChI=1S/C17H21NO5/c1-5-10(2)18-9-12(19)15(17(18)21)16(20)11-6-7-13(22-3)14(8-11)23-4/h6-8,10,20H,5,9H2,1-4H3/b16-15-. The first-order chi connectivity index (χ1) is 10.9. The van der Waals surface area contributed by atoms with Crippen molar-refractivity contribution < 1.29 is 24.2 Å². The van der Waals surface area contributed by atoms with Gasteiger partial charge in [0.05, 0.1) is 20.8 Å². The first kappa shape index (κ1) is 16.9. The van der Waals surface area contributed by atoms with Crippen LogP contribution < -0.4 is 9.47 Å². The van der Waals surface area contributed by atoms with Crippen molar-refractivity contribution in [2.24, 2.45) is 0 Å². The molecule has 1 N–H and O–H groups in total. The largest absolute Gasteiger partial charge is 0.506 e. The lowest BCUT2D eigenvalue weighted by atomic mass is 10.1. The smallest absolute Gasteiger partial charge is 0.262 e. The lowest BCUT2D eigenvalue weighted by molar-refractivity contribution is -0.126. The topological polar surface area (TPSA) is 76.1 Å². The number of aliphatic hydroxyl groups is 1. The number of hydrogen-bond acceptors (Lipinski definition) is 5. The van der Waals surface area contributed by atoms with E-state index in [1.807, 2.05) is 13.8 Å². The van der Waals surface area contributed by atoms with E-state index in [1.54, 1.807) is 12.1 Å². The lowest BCUT2D eigenvalue weighted by Crippen LogP contribution is -2.34. The number of ketones is 1. The molecular weight excluding hydrogens is 298 g/mol. The fourth-order valence-corrected chi connectivity index (χ4v) is 2.51. The average molecular weight is 319 g/mol. The second-order valence-corrected chi connectivity index (χ2v) is 5.41. The van der Waals surface area contributed by atoms with Crippen molar-refractivity contribution in [1.29, 1.82) is 0 Å². The molecule has 1 atom stereocenters. The van der Waals surface area contributed by atoms with E-state index < -0.39 is 5.91 Å². The Labute approximate surface area is 135 Å². The van der Waals surface area contributed by atoms with E-state index in [4.69, 9.17) is 9.47 Å². The van der Waals surface area contributed by atoms with Gasteiger partial charge >= 0.3 is 0 Å². The zero-order valence-corrected chi connectivity index (χ0v) is 13.8. The van der Waals surface area contributed by atoms with Gasteiger partial charge < -0.3 is 19.5 Å². The summed E-state index contributed by atoms with van der Waals surface area (Å²) < 4.78 is 10.3. The van der Waals surface area contributed by atoms with Crippen LogP contribution in [0.1, 0.15) is 25.8 Å². The summed E-state index contributed by atoms with van der Waals surface area (Å²) in [4.78, 5) is 26.1. The number of methoxy groups -OCH3 is 2. The van der Waals surface area contributed by atoms with Crippen LogP contribution in [0.2, 0.25) is 0 Å². The molecule has 2 rings (SSSR count). The fraction of sp³-hybridized carbons (Fsp3) is 0.412. The van der Waals surface area contributed by atoms with Gasteiger partial charge in [0.15, 0.2) is 17.3 Å². The summed E-state index contributed by atoms with van der Waals surface area (Å²) in [5, 5.41) is 10.4. The minimum atomic E-state index is -0.434. The van der Waals surface area contributed by atoms with Crippen molar-refractivity contribution in [3.05, 3.63) is 29.3 Å². The van der Waals surface area contributed by atoms with E-state index >= 15 is 0 Å². The third-order valence-electron chi connectivity index (χ3n) is 4.08. The molecule has 1 heterocycles. The molecule has 0 spiro atoms. The van der Waals surface area contributed by atoms with Crippen LogP contribution in [0.3, 0.4) is 0 Å². The third kappa shape index (κ3) is 3.02. The minimum Gasteiger partial charge on any atom is -0.506 e. The van der Waals surface area contributed by atoms with Crippen LogP contribution in [-0.4, -0.2) is 48.5 Å². The number of hydrogen-bond donors (Lipinski definition) is 1. The summed E-state index contributed by atoms with van der Waals surface area (Å²) in [5.41, 5.74) is 0.169. The number of benzene rings is 1. The van der Waals surface area contributed by atoms with Crippen molar-refractivity contribution in [3.8, 4) is 11.5 Å². The number of aliphatic hydroxyl groups excluding tert-OH is 1. The summed E-state index contributed by atoms with van der Waals surface area (Å²) in [6.07, 6.45) is 0.740. The van der Waals surface area contributed by atoms with Gasteiger partial charge in [-0.25, -0.2) is 0 Å². The van der Waals surface area contributed by atoms with Gasteiger partial charge in [-0.1, -0.05) is 6.92 Å². The molecule has 0 aromatic heterocycles. The summed E-state index contributed by atoms with van der Waals surface area (Å²) in [6, 6.07) is 4.67. The molecule has 0 radical (unpaired) electrons. The highest BCUT2D eigenvalue weighted by Gasteiger charge is 2.38. The lowest BCUT2D eigenvalue weighted by Gasteiger charge is -2.21. The normalized spacial score (nSPS) is 18.2. The van der Waals surface area contributed by atoms with Crippen LogP contribution in [-0.2, 0) is 9.59 Å².